The summed E-state index contributed by atoms with van der Waals surface area (Å²) >= 11 is 0. The second kappa shape index (κ2) is 5.11. The second-order valence-corrected chi connectivity index (χ2v) is 5.04. The van der Waals surface area contributed by atoms with Gasteiger partial charge in [-0.15, -0.1) is 0 Å². The van der Waals surface area contributed by atoms with Gasteiger partial charge in [0, 0.05) is 18.2 Å². The first-order valence-electron chi connectivity index (χ1n) is 6.66. The molecule has 2 aromatic carbocycles. The number of aromatic hydroxyl groups is 3. The molecule has 112 valence electrons. The van der Waals surface area contributed by atoms with Crippen molar-refractivity contribution < 1.29 is 24.5 Å². The zero-order valence-corrected chi connectivity index (χ0v) is 12.1. The van der Waals surface area contributed by atoms with E-state index in [1.165, 1.54) is 19.2 Å². The molecule has 5 nitrogen and oxygen atoms in total. The van der Waals surface area contributed by atoms with Crippen LogP contribution in [0.2, 0.25) is 0 Å². The summed E-state index contributed by atoms with van der Waals surface area (Å²) < 4.78 is 10.8. The van der Waals surface area contributed by atoms with Crippen LogP contribution in [0, 0.1) is 6.92 Å². The Morgan fingerprint density at radius 1 is 0.909 bits per heavy atom. The first kappa shape index (κ1) is 14.0. The molecule has 1 heterocycles. The molecule has 0 saturated heterocycles. The summed E-state index contributed by atoms with van der Waals surface area (Å²) in [6.07, 6.45) is 0. The number of benzene rings is 2. The molecule has 5 heteroatoms. The van der Waals surface area contributed by atoms with Gasteiger partial charge in [-0.2, -0.15) is 0 Å². The molecule has 0 bridgehead atoms. The van der Waals surface area contributed by atoms with E-state index in [1.54, 1.807) is 24.3 Å². The van der Waals surface area contributed by atoms with E-state index in [0.717, 1.165) is 5.56 Å². The number of hydrogen-bond donors (Lipinski definition) is 3. The van der Waals surface area contributed by atoms with Crippen LogP contribution in [0.1, 0.15) is 5.56 Å². The van der Waals surface area contributed by atoms with E-state index >= 15 is 0 Å². The van der Waals surface area contributed by atoms with Gasteiger partial charge in [0.2, 0.25) is 5.75 Å². The fourth-order valence-electron chi connectivity index (χ4n) is 2.37. The zero-order chi connectivity index (χ0) is 15.9. The molecule has 0 aliphatic carbocycles. The van der Waals surface area contributed by atoms with Crippen LogP contribution >= 0.6 is 0 Å². The number of methoxy groups -OCH3 is 1. The lowest BCUT2D eigenvalue weighted by molar-refractivity contribution is 0.373. The van der Waals surface area contributed by atoms with Crippen LogP contribution in [0.15, 0.2) is 40.8 Å². The zero-order valence-electron chi connectivity index (χ0n) is 12.1. The summed E-state index contributed by atoms with van der Waals surface area (Å²) in [6, 6.07) is 9.45. The van der Waals surface area contributed by atoms with Crippen molar-refractivity contribution in [3.63, 3.8) is 0 Å². The van der Waals surface area contributed by atoms with Gasteiger partial charge in [-0.05, 0) is 30.7 Å². The van der Waals surface area contributed by atoms with Crippen molar-refractivity contribution in [2.24, 2.45) is 0 Å². The van der Waals surface area contributed by atoms with Gasteiger partial charge in [0.25, 0.3) is 0 Å². The Morgan fingerprint density at radius 2 is 1.68 bits per heavy atom. The molecule has 0 fully saturated rings. The minimum Gasteiger partial charge on any atom is -0.507 e. The number of ether oxygens (including phenoxy) is 1. The number of rotatable bonds is 2. The highest BCUT2D eigenvalue weighted by atomic mass is 16.5. The van der Waals surface area contributed by atoms with Crippen molar-refractivity contribution in [1.82, 2.24) is 0 Å². The van der Waals surface area contributed by atoms with Crippen LogP contribution in [-0.4, -0.2) is 22.4 Å². The monoisotopic (exact) mass is 299 g/mol. The Bertz CT molecular complexity index is 871. The highest BCUT2D eigenvalue weighted by molar-refractivity contribution is 5.87. The van der Waals surface area contributed by atoms with Crippen molar-refractivity contribution in [3.05, 3.63) is 42.0 Å². The third kappa shape index (κ3) is 2.26. The Hall–Kier alpha value is -2.95. The maximum absolute atomic E-state index is 10.2. The smallest absolute Gasteiger partial charge is 0.402 e. The first-order chi connectivity index (χ1) is 10.5. The quantitative estimate of drug-likeness (QED) is 0.627. The molecule has 0 aliphatic heterocycles. The van der Waals surface area contributed by atoms with E-state index in [0.29, 0.717) is 16.5 Å². The summed E-state index contributed by atoms with van der Waals surface area (Å²) in [5.41, 5.74) is 1.85. The Labute approximate surface area is 126 Å². The minimum absolute atomic E-state index is 0.0000165. The lowest BCUT2D eigenvalue weighted by atomic mass is 10.1. The molecule has 0 aliphatic rings. The average molecular weight is 299 g/mol. The molecule has 0 spiro atoms. The maximum atomic E-state index is 10.2. The van der Waals surface area contributed by atoms with Crippen LogP contribution in [0.4, 0.5) is 0 Å². The van der Waals surface area contributed by atoms with Crippen molar-refractivity contribution in [2.75, 3.05) is 7.11 Å². The molecular weight excluding hydrogens is 284 g/mol. The summed E-state index contributed by atoms with van der Waals surface area (Å²) in [7, 11) is 1.44. The van der Waals surface area contributed by atoms with Gasteiger partial charge in [0.15, 0.2) is 11.5 Å². The molecule has 1 aromatic heterocycles. The number of hydrogen-bond acceptors (Lipinski definition) is 4. The van der Waals surface area contributed by atoms with Crippen LogP contribution in [0.5, 0.6) is 23.0 Å². The van der Waals surface area contributed by atoms with E-state index in [1.807, 2.05) is 6.92 Å². The molecule has 0 amide bonds. The number of fused-ring (bicyclic) bond motifs is 1. The van der Waals surface area contributed by atoms with Crippen molar-refractivity contribution in [1.29, 1.82) is 0 Å². The van der Waals surface area contributed by atoms with E-state index in [9.17, 15) is 15.3 Å². The average Bonchev–Trinajstić information content (AvgIpc) is 2.48. The highest BCUT2D eigenvalue weighted by Crippen LogP contribution is 2.39. The molecule has 22 heavy (non-hydrogen) atoms. The summed E-state index contributed by atoms with van der Waals surface area (Å²) in [4.78, 5) is 0. The van der Waals surface area contributed by atoms with E-state index in [2.05, 4.69) is 0 Å². The highest BCUT2D eigenvalue weighted by Gasteiger charge is 2.24. The Kier molecular flexibility index (Phi) is 3.25. The Morgan fingerprint density at radius 3 is 2.41 bits per heavy atom. The second-order valence-electron chi connectivity index (χ2n) is 5.04. The SMILES string of the molecule is COc1cc(-c2[o+]c3cc(C)cc(O)c3cc2O)ccc1O. The summed E-state index contributed by atoms with van der Waals surface area (Å²) in [5.74, 6) is 0.443. The lowest BCUT2D eigenvalue weighted by Gasteiger charge is -2.04. The van der Waals surface area contributed by atoms with Gasteiger partial charge in [-0.3, -0.25) is 0 Å². The topological polar surface area (TPSA) is 81.2 Å². The van der Waals surface area contributed by atoms with Gasteiger partial charge in [-0.1, -0.05) is 0 Å². The molecule has 3 N–H and O–H groups in total. The van der Waals surface area contributed by atoms with Gasteiger partial charge in [-0.25, -0.2) is 4.42 Å². The van der Waals surface area contributed by atoms with Crippen molar-refractivity contribution in [2.45, 2.75) is 6.92 Å². The molecular formula is C17H15O5+. The molecule has 0 saturated carbocycles. The number of aryl methyl sites for hydroxylation is 1. The van der Waals surface area contributed by atoms with Crippen LogP contribution in [0.25, 0.3) is 22.3 Å². The number of phenols is 2. The number of phenolic OH excluding ortho intramolecular Hbond substituents is 2. The molecule has 3 aromatic rings. The van der Waals surface area contributed by atoms with Crippen LogP contribution in [-0.2, 0) is 0 Å². The van der Waals surface area contributed by atoms with Crippen molar-refractivity contribution >= 4 is 11.0 Å². The van der Waals surface area contributed by atoms with Crippen molar-refractivity contribution in [3.8, 4) is 34.3 Å². The molecule has 0 atom stereocenters. The largest absolute Gasteiger partial charge is 0.507 e. The fraction of sp³-hybridized carbons (Fsp3) is 0.118. The predicted octanol–water partition coefficient (Wildman–Crippen LogP) is 3.81. The van der Waals surface area contributed by atoms with Crippen LogP contribution in [0.3, 0.4) is 0 Å². The van der Waals surface area contributed by atoms with E-state index < -0.39 is 0 Å². The molecule has 3 rings (SSSR count). The molecule has 0 radical (unpaired) electrons. The Balaban J connectivity index is 2.25. The normalized spacial score (nSPS) is 10.8. The van der Waals surface area contributed by atoms with Gasteiger partial charge in [0.05, 0.1) is 12.7 Å². The van der Waals surface area contributed by atoms with Gasteiger partial charge in [0.1, 0.15) is 11.1 Å². The standard InChI is InChI=1S/C17H14O5/c1-9-5-13(19)11-8-14(20)17(22-15(11)6-9)10-3-4-12(18)16(7-10)21-2/h3-8H,1-2H3,(H2-,18,19,20)/p+1. The maximum Gasteiger partial charge on any atom is 0.402 e. The summed E-state index contributed by atoms with van der Waals surface area (Å²) in [6.45, 7) is 1.84. The third-order valence-electron chi connectivity index (χ3n) is 3.43. The fourth-order valence-corrected chi connectivity index (χ4v) is 2.37. The van der Waals surface area contributed by atoms with E-state index in [-0.39, 0.29) is 28.8 Å². The minimum atomic E-state index is -0.112. The summed E-state index contributed by atoms with van der Waals surface area (Å²) in [5, 5.41) is 30.2. The predicted molar refractivity (Wildman–Crippen MR) is 82.3 cm³/mol. The van der Waals surface area contributed by atoms with Gasteiger partial charge < -0.3 is 20.1 Å². The van der Waals surface area contributed by atoms with E-state index in [4.69, 9.17) is 9.15 Å². The molecule has 0 unspecified atom stereocenters. The van der Waals surface area contributed by atoms with Gasteiger partial charge >= 0.3 is 11.3 Å². The lowest BCUT2D eigenvalue weighted by Crippen LogP contribution is -1.87. The first-order valence-corrected chi connectivity index (χ1v) is 6.66. The third-order valence-corrected chi connectivity index (χ3v) is 3.43. The van der Waals surface area contributed by atoms with Crippen LogP contribution < -0.4 is 4.74 Å².